The minimum Gasteiger partial charge on any atom is -0.392 e. The lowest BCUT2D eigenvalue weighted by Crippen LogP contribution is -2.37. The monoisotopic (exact) mass is 1240 g/mol. The standard InChI is InChI=1S/C34H52FIN4O2Si2.C20H21FIN5O/c1-8-26-11-12-27(20-30(26)35)29-21-37-40-33(29)38-32(28-18-24-9-10-25(17-24)19-28)31(36)34(40)39(22-41-13-15-43(2,3)4)23-42-14-16-44(5,6)7;21-16-7-10(1-2-11(16)9-28)15-8-24-27-19(23)17(22)18(26-20(15)27)12-5-13-3-4-14(6-12)25-13/h11-12,20-21,24-25,28H,8-10,13-19,22-23H2,1-7H3;1-2,7-8,12-14,25,28H,3-6,9,23H2/t24-,25+,28?;12?,13-,14+. The number of anilines is 2. The van der Waals surface area contributed by atoms with Gasteiger partial charge in [-0.25, -0.2) is 18.7 Å². The highest BCUT2D eigenvalue weighted by atomic mass is 127. The van der Waals surface area contributed by atoms with Crippen molar-refractivity contribution in [3.8, 4) is 22.3 Å². The molecule has 0 amide bonds. The van der Waals surface area contributed by atoms with Crippen LogP contribution in [0.25, 0.3) is 33.5 Å². The second kappa shape index (κ2) is 22.6. The second-order valence-electron chi connectivity index (χ2n) is 23.3. The molecule has 72 heavy (non-hydrogen) atoms. The van der Waals surface area contributed by atoms with Crippen LogP contribution in [0.5, 0.6) is 0 Å². The molecular formula is C54H73F2I2N9O3Si2. The number of benzene rings is 2. The van der Waals surface area contributed by atoms with Gasteiger partial charge in [-0.3, -0.25) is 0 Å². The largest absolute Gasteiger partial charge is 0.392 e. The van der Waals surface area contributed by atoms with Gasteiger partial charge in [0.05, 0.1) is 37.5 Å². The maximum Gasteiger partial charge on any atom is 0.165 e. The summed E-state index contributed by atoms with van der Waals surface area (Å²) in [5, 5.41) is 22.2. The number of hydrogen-bond donors (Lipinski definition) is 3. The molecule has 2 aliphatic carbocycles. The molecule has 2 aromatic carbocycles. The van der Waals surface area contributed by atoms with E-state index in [-0.39, 0.29) is 18.0 Å². The van der Waals surface area contributed by atoms with Crippen LogP contribution < -0.4 is 16.0 Å². The Labute approximate surface area is 453 Å². The summed E-state index contributed by atoms with van der Waals surface area (Å²) in [5.41, 5.74) is 14.1. The number of nitrogens with one attached hydrogen (secondary N) is 1. The lowest BCUT2D eigenvalue weighted by Gasteiger charge is -2.31. The summed E-state index contributed by atoms with van der Waals surface area (Å²) in [4.78, 5) is 12.6. The van der Waals surface area contributed by atoms with Crippen LogP contribution in [0.2, 0.25) is 51.4 Å². The quantitative estimate of drug-likeness (QED) is 0.0350. The van der Waals surface area contributed by atoms with Crippen molar-refractivity contribution in [2.45, 2.75) is 153 Å². The van der Waals surface area contributed by atoms with Gasteiger partial charge in [0, 0.05) is 70.0 Å². The molecule has 4 bridgehead atoms. The molecule has 2 aliphatic heterocycles. The first-order valence-electron chi connectivity index (χ1n) is 26.1. The van der Waals surface area contributed by atoms with Crippen molar-refractivity contribution >= 4 is 84.3 Å². The number of piperidine rings is 1. The third-order valence-electron chi connectivity index (χ3n) is 15.4. The summed E-state index contributed by atoms with van der Waals surface area (Å²) >= 11 is 4.78. The van der Waals surface area contributed by atoms with E-state index in [1.54, 1.807) is 28.9 Å². The lowest BCUT2D eigenvalue weighted by molar-refractivity contribution is 0.0940. The van der Waals surface area contributed by atoms with E-state index < -0.39 is 22.0 Å². The average Bonchev–Trinajstić information content (AvgIpc) is 4.13. The molecule has 10 rings (SSSR count). The number of rotatable bonds is 17. The molecule has 2 saturated carbocycles. The van der Waals surface area contributed by atoms with E-state index in [0.717, 1.165) is 102 Å². The zero-order chi connectivity index (χ0) is 51.1. The van der Waals surface area contributed by atoms with Gasteiger partial charge in [-0.15, -0.1) is 0 Å². The summed E-state index contributed by atoms with van der Waals surface area (Å²) in [6.45, 7) is 18.3. The van der Waals surface area contributed by atoms with E-state index in [1.807, 2.05) is 29.8 Å². The number of nitrogens with two attached hydrogens (primary N) is 1. The summed E-state index contributed by atoms with van der Waals surface area (Å²) in [7, 11) is -2.46. The van der Waals surface area contributed by atoms with Crippen molar-refractivity contribution in [2.24, 2.45) is 11.8 Å². The fourth-order valence-electron chi connectivity index (χ4n) is 11.3. The molecule has 6 aromatic rings. The van der Waals surface area contributed by atoms with Crippen LogP contribution in [0.1, 0.15) is 99.1 Å². The van der Waals surface area contributed by atoms with E-state index >= 15 is 4.39 Å². The van der Waals surface area contributed by atoms with Crippen molar-refractivity contribution in [1.29, 1.82) is 0 Å². The molecule has 2 unspecified atom stereocenters. The van der Waals surface area contributed by atoms with Gasteiger partial charge in [-0.1, -0.05) is 83.3 Å². The number of fused-ring (bicyclic) bond motifs is 6. The maximum atomic E-state index is 15.0. The molecule has 388 valence electrons. The number of aliphatic hydroxyl groups is 1. The van der Waals surface area contributed by atoms with Crippen LogP contribution >= 0.6 is 45.2 Å². The van der Waals surface area contributed by atoms with Gasteiger partial charge in [0.15, 0.2) is 17.1 Å². The molecule has 0 radical (unpaired) electrons. The minimum atomic E-state index is -1.23. The van der Waals surface area contributed by atoms with Gasteiger partial charge in [0.1, 0.15) is 30.9 Å². The first kappa shape index (κ1) is 53.7. The van der Waals surface area contributed by atoms with Crippen molar-refractivity contribution in [2.75, 3.05) is 37.3 Å². The Hall–Kier alpha value is -3.13. The predicted octanol–water partition coefficient (Wildman–Crippen LogP) is 12.6. The summed E-state index contributed by atoms with van der Waals surface area (Å²) in [6.07, 6.45) is 15.2. The third-order valence-corrected chi connectivity index (χ3v) is 21.0. The maximum absolute atomic E-state index is 15.0. The highest BCUT2D eigenvalue weighted by Gasteiger charge is 2.39. The SMILES string of the molecule is CCc1ccc(-c2cnn3c(N(COCC[Si](C)(C)C)COCC[Si](C)(C)C)c(I)c(C4C[C@H]5CC[C@@H](C4)C5)nc23)cc1F.Nc1c(I)c(C2C[C@H]3CC[C@@H](C2)N3)nc2c(-c3ccc(CO)c(F)c3)cnn12. The fourth-order valence-corrected chi connectivity index (χ4v) is 14.8. The van der Waals surface area contributed by atoms with Gasteiger partial charge in [-0.2, -0.15) is 19.2 Å². The molecule has 4 aliphatic rings. The van der Waals surface area contributed by atoms with E-state index in [4.69, 9.17) is 30.3 Å². The van der Waals surface area contributed by atoms with Crippen LogP contribution in [0.4, 0.5) is 20.4 Å². The Morgan fingerprint density at radius 3 is 1.72 bits per heavy atom. The molecule has 12 nitrogen and oxygen atoms in total. The van der Waals surface area contributed by atoms with Crippen LogP contribution in [0.15, 0.2) is 48.8 Å². The van der Waals surface area contributed by atoms with Gasteiger partial charge in [0.2, 0.25) is 0 Å². The summed E-state index contributed by atoms with van der Waals surface area (Å²) < 4.78 is 47.6. The van der Waals surface area contributed by atoms with Crippen molar-refractivity contribution in [3.63, 3.8) is 0 Å². The van der Waals surface area contributed by atoms with E-state index in [0.29, 0.717) is 60.8 Å². The Bertz CT molecular complexity index is 2840. The number of nitrogen functional groups attached to an aromatic ring is 1. The van der Waals surface area contributed by atoms with Crippen LogP contribution in [-0.2, 0) is 22.5 Å². The molecule has 0 spiro atoms. The Morgan fingerprint density at radius 1 is 0.708 bits per heavy atom. The molecule has 4 N–H and O–H groups in total. The predicted molar refractivity (Wildman–Crippen MR) is 307 cm³/mol. The number of nitrogens with zero attached hydrogens (tertiary/aromatic N) is 7. The van der Waals surface area contributed by atoms with E-state index in [1.165, 1.54) is 51.0 Å². The van der Waals surface area contributed by atoms with Crippen LogP contribution in [0, 0.1) is 30.6 Å². The number of aryl methyl sites for hydroxylation is 1. The first-order valence-corrected chi connectivity index (χ1v) is 35.7. The van der Waals surface area contributed by atoms with Crippen LogP contribution in [-0.4, -0.2) is 89.2 Å². The van der Waals surface area contributed by atoms with Gasteiger partial charge in [-0.05, 0) is 149 Å². The van der Waals surface area contributed by atoms with Crippen LogP contribution in [0.3, 0.4) is 0 Å². The summed E-state index contributed by atoms with van der Waals surface area (Å²) in [6, 6.07) is 13.7. The lowest BCUT2D eigenvalue weighted by atomic mass is 9.79. The smallest absolute Gasteiger partial charge is 0.165 e. The molecule has 6 heterocycles. The average molecular weight is 1240 g/mol. The molecule has 4 fully saturated rings. The number of aromatic nitrogens is 6. The number of ether oxygens (including phenoxy) is 2. The Balaban J connectivity index is 0.000000195. The number of aliphatic hydroxyl groups excluding tert-OH is 1. The normalized spacial score (nSPS) is 21.9. The third kappa shape index (κ3) is 12.1. The molecular weight excluding hydrogens is 1170 g/mol. The minimum absolute atomic E-state index is 0.174. The Morgan fingerprint density at radius 2 is 1.21 bits per heavy atom. The van der Waals surface area contributed by atoms with Gasteiger partial charge in [0.25, 0.3) is 0 Å². The van der Waals surface area contributed by atoms with Gasteiger partial charge >= 0.3 is 0 Å². The Kier molecular flexibility index (Phi) is 16.9. The highest BCUT2D eigenvalue weighted by molar-refractivity contribution is 14.1. The van der Waals surface area contributed by atoms with Crippen molar-refractivity contribution in [3.05, 3.63) is 90.1 Å². The fraction of sp³-hybridized carbons (Fsp3) is 0.556. The molecule has 2 saturated heterocycles. The van der Waals surface area contributed by atoms with Crippen molar-refractivity contribution < 1.29 is 23.4 Å². The number of hydrogen-bond acceptors (Lipinski definition) is 10. The molecule has 6 atom stereocenters. The molecule has 18 heteroatoms. The second-order valence-corrected chi connectivity index (χ2v) is 36.7. The topological polar surface area (TPSA) is 140 Å². The van der Waals surface area contributed by atoms with E-state index in [2.05, 4.69) is 99.8 Å². The first-order chi connectivity index (χ1) is 34.4. The van der Waals surface area contributed by atoms with Gasteiger partial charge < -0.3 is 30.5 Å². The van der Waals surface area contributed by atoms with E-state index in [9.17, 15) is 9.50 Å². The molecule has 4 aromatic heterocycles. The number of halogens is 4. The van der Waals surface area contributed by atoms with Crippen molar-refractivity contribution in [1.82, 2.24) is 34.5 Å². The highest BCUT2D eigenvalue weighted by Crippen LogP contribution is 2.50. The zero-order valence-corrected chi connectivity index (χ0v) is 49.4. The zero-order valence-electron chi connectivity index (χ0n) is 43.1. The summed E-state index contributed by atoms with van der Waals surface area (Å²) in [5.74, 6) is 3.31.